The molecule has 0 fully saturated rings. The molecule has 5 heteroatoms. The average molecular weight is 756 g/mol. The summed E-state index contributed by atoms with van der Waals surface area (Å²) in [4.78, 5) is 16.3. The molecule has 8 aromatic carbocycles. The van der Waals surface area contributed by atoms with Crippen molar-refractivity contribution in [3.63, 3.8) is 0 Å². The number of hydrogen-bond donors (Lipinski definition) is 0. The molecule has 59 heavy (non-hydrogen) atoms. The molecular formula is C54H37N5. The lowest BCUT2D eigenvalue weighted by molar-refractivity contribution is 0.660. The molecule has 0 bridgehead atoms. The average Bonchev–Trinajstić information content (AvgIpc) is 3.90. The highest BCUT2D eigenvalue weighted by molar-refractivity contribution is 6.17. The lowest BCUT2D eigenvalue weighted by Crippen LogP contribution is -2.15. The maximum absolute atomic E-state index is 5.47. The second-order valence-corrected chi connectivity index (χ2v) is 16.0. The number of hydrogen-bond acceptors (Lipinski definition) is 3. The predicted molar refractivity (Wildman–Crippen MR) is 242 cm³/mol. The van der Waals surface area contributed by atoms with Gasteiger partial charge in [0.25, 0.3) is 0 Å². The molecule has 0 saturated carbocycles. The van der Waals surface area contributed by atoms with Crippen molar-refractivity contribution in [2.45, 2.75) is 19.3 Å². The maximum atomic E-state index is 5.47. The van der Waals surface area contributed by atoms with Crippen molar-refractivity contribution in [2.75, 3.05) is 0 Å². The van der Waals surface area contributed by atoms with E-state index in [1.807, 2.05) is 0 Å². The Hall–Kier alpha value is -7.63. The monoisotopic (exact) mass is 755 g/mol. The summed E-state index contributed by atoms with van der Waals surface area (Å²) in [5.74, 6) is 1.92. The topological polar surface area (TPSA) is 48.5 Å². The van der Waals surface area contributed by atoms with Gasteiger partial charge in [0.1, 0.15) is 0 Å². The standard InChI is InChI=1S/C54H37N5/c1-54(2)43-26-12-9-21-37(43)38-32-31-34(33-44(38)54)51-55-52(41-24-15-29-47-49(41)39-22-10-13-27-45(39)58(47)35-17-5-3-6-18-35)57-53(56-51)42-25-16-30-48-50(42)40-23-11-14-28-46(40)59(48)36-19-7-4-8-20-36/h3-33H,1-2H3. The number of nitrogens with zero attached hydrogens (tertiary/aromatic N) is 5. The van der Waals surface area contributed by atoms with Crippen molar-refractivity contribution in [3.8, 4) is 56.7 Å². The van der Waals surface area contributed by atoms with Gasteiger partial charge in [-0.1, -0.05) is 147 Å². The second-order valence-electron chi connectivity index (χ2n) is 16.0. The van der Waals surface area contributed by atoms with Gasteiger partial charge in [-0.25, -0.2) is 15.0 Å². The van der Waals surface area contributed by atoms with Gasteiger partial charge in [0.15, 0.2) is 17.5 Å². The summed E-state index contributed by atoms with van der Waals surface area (Å²) in [5.41, 5.74) is 14.6. The zero-order valence-corrected chi connectivity index (χ0v) is 32.6. The molecule has 278 valence electrons. The first-order chi connectivity index (χ1) is 29.0. The van der Waals surface area contributed by atoms with Crippen molar-refractivity contribution in [1.29, 1.82) is 0 Å². The normalized spacial score (nSPS) is 13.1. The van der Waals surface area contributed by atoms with Gasteiger partial charge in [0.2, 0.25) is 0 Å². The SMILES string of the molecule is CC1(C)c2ccccc2-c2ccc(-c3nc(-c4cccc5c4c4ccccc4n5-c4ccccc4)nc(-c4cccc5c4c4ccccc4n5-c4ccccc4)n3)cc21. The molecule has 1 aliphatic rings. The fraction of sp³-hybridized carbons (Fsp3) is 0.0556. The van der Waals surface area contributed by atoms with Crippen LogP contribution in [0.3, 0.4) is 0 Å². The van der Waals surface area contributed by atoms with Crippen molar-refractivity contribution in [2.24, 2.45) is 0 Å². The van der Waals surface area contributed by atoms with E-state index in [1.54, 1.807) is 0 Å². The molecule has 0 N–H and O–H groups in total. The summed E-state index contributed by atoms with van der Waals surface area (Å²) in [6, 6.07) is 66.9. The first-order valence-corrected chi connectivity index (χ1v) is 20.2. The Bertz CT molecular complexity index is 3290. The molecule has 5 nitrogen and oxygen atoms in total. The molecule has 0 amide bonds. The zero-order chi connectivity index (χ0) is 39.2. The molecule has 0 aliphatic heterocycles. The van der Waals surface area contributed by atoms with Crippen LogP contribution in [0.5, 0.6) is 0 Å². The van der Waals surface area contributed by atoms with Crippen molar-refractivity contribution < 1.29 is 0 Å². The van der Waals surface area contributed by atoms with Gasteiger partial charge in [0.05, 0.1) is 22.1 Å². The third-order valence-corrected chi connectivity index (χ3v) is 12.4. The Labute approximate surface area is 341 Å². The molecule has 1 aliphatic carbocycles. The fourth-order valence-corrected chi connectivity index (χ4v) is 9.71. The molecule has 11 aromatic rings. The van der Waals surface area contributed by atoms with Crippen molar-refractivity contribution in [1.82, 2.24) is 24.1 Å². The Morgan fingerprint density at radius 1 is 0.356 bits per heavy atom. The van der Waals surface area contributed by atoms with Crippen LogP contribution in [0.2, 0.25) is 0 Å². The Morgan fingerprint density at radius 3 is 1.37 bits per heavy atom. The number of para-hydroxylation sites is 4. The Balaban J connectivity index is 1.15. The van der Waals surface area contributed by atoms with Gasteiger partial charge in [-0.2, -0.15) is 0 Å². The minimum absolute atomic E-state index is 0.170. The van der Waals surface area contributed by atoms with Crippen LogP contribution < -0.4 is 0 Å². The number of benzene rings is 8. The molecule has 3 heterocycles. The molecule has 0 atom stereocenters. The van der Waals surface area contributed by atoms with Gasteiger partial charge in [-0.3, -0.25) is 0 Å². The first-order valence-electron chi connectivity index (χ1n) is 20.2. The third kappa shape index (κ3) is 4.95. The van der Waals surface area contributed by atoms with Crippen LogP contribution in [0, 0.1) is 0 Å². The fourth-order valence-electron chi connectivity index (χ4n) is 9.71. The van der Waals surface area contributed by atoms with Crippen LogP contribution in [0.15, 0.2) is 188 Å². The number of fused-ring (bicyclic) bond motifs is 9. The smallest absolute Gasteiger partial charge is 0.164 e. The van der Waals surface area contributed by atoms with Crippen LogP contribution in [-0.2, 0) is 5.41 Å². The zero-order valence-electron chi connectivity index (χ0n) is 32.6. The van der Waals surface area contributed by atoms with E-state index in [1.165, 1.54) is 22.3 Å². The molecule has 12 rings (SSSR count). The Morgan fingerprint density at radius 2 is 0.797 bits per heavy atom. The van der Waals surface area contributed by atoms with Gasteiger partial charge in [-0.15, -0.1) is 0 Å². The van der Waals surface area contributed by atoms with E-state index in [2.05, 4.69) is 211 Å². The highest BCUT2D eigenvalue weighted by Crippen LogP contribution is 2.50. The summed E-state index contributed by atoms with van der Waals surface area (Å²) >= 11 is 0. The van der Waals surface area contributed by atoms with E-state index in [0.29, 0.717) is 17.5 Å². The van der Waals surface area contributed by atoms with Crippen molar-refractivity contribution >= 4 is 43.6 Å². The lowest BCUT2D eigenvalue weighted by Gasteiger charge is -2.21. The highest BCUT2D eigenvalue weighted by Gasteiger charge is 2.35. The minimum atomic E-state index is -0.170. The predicted octanol–water partition coefficient (Wildman–Crippen LogP) is 13.4. The van der Waals surface area contributed by atoms with E-state index in [-0.39, 0.29) is 5.41 Å². The van der Waals surface area contributed by atoms with E-state index in [9.17, 15) is 0 Å². The van der Waals surface area contributed by atoms with E-state index < -0.39 is 0 Å². The molecule has 0 unspecified atom stereocenters. The molecule has 0 radical (unpaired) electrons. The summed E-state index contributed by atoms with van der Waals surface area (Å²) < 4.78 is 4.69. The second kappa shape index (κ2) is 12.7. The van der Waals surface area contributed by atoms with Gasteiger partial charge in [0, 0.05) is 55.0 Å². The molecule has 0 saturated heterocycles. The highest BCUT2D eigenvalue weighted by atomic mass is 15.0. The quantitative estimate of drug-likeness (QED) is 0.176. The summed E-state index contributed by atoms with van der Waals surface area (Å²) in [6.07, 6.45) is 0. The van der Waals surface area contributed by atoms with Crippen LogP contribution in [-0.4, -0.2) is 24.1 Å². The van der Waals surface area contributed by atoms with E-state index in [0.717, 1.165) is 71.7 Å². The van der Waals surface area contributed by atoms with Crippen molar-refractivity contribution in [3.05, 3.63) is 199 Å². The summed E-state index contributed by atoms with van der Waals surface area (Å²) in [5, 5.41) is 4.52. The van der Waals surface area contributed by atoms with Gasteiger partial charge >= 0.3 is 0 Å². The lowest BCUT2D eigenvalue weighted by atomic mass is 9.82. The minimum Gasteiger partial charge on any atom is -0.309 e. The van der Waals surface area contributed by atoms with Gasteiger partial charge in [-0.05, 0) is 76.9 Å². The van der Waals surface area contributed by atoms with E-state index in [4.69, 9.17) is 15.0 Å². The van der Waals surface area contributed by atoms with Crippen LogP contribution >= 0.6 is 0 Å². The third-order valence-electron chi connectivity index (χ3n) is 12.4. The Kier molecular flexibility index (Phi) is 7.20. The number of rotatable bonds is 5. The number of aromatic nitrogens is 5. The van der Waals surface area contributed by atoms with Crippen LogP contribution in [0.1, 0.15) is 25.0 Å². The first kappa shape index (κ1) is 33.5. The largest absolute Gasteiger partial charge is 0.309 e. The molecule has 3 aromatic heterocycles. The maximum Gasteiger partial charge on any atom is 0.164 e. The molecular weight excluding hydrogens is 719 g/mol. The summed E-state index contributed by atoms with van der Waals surface area (Å²) in [7, 11) is 0. The van der Waals surface area contributed by atoms with Crippen LogP contribution in [0.25, 0.3) is 100 Å². The van der Waals surface area contributed by atoms with E-state index >= 15 is 0 Å². The van der Waals surface area contributed by atoms with Gasteiger partial charge < -0.3 is 9.13 Å². The summed E-state index contributed by atoms with van der Waals surface area (Å²) in [6.45, 7) is 4.64. The van der Waals surface area contributed by atoms with Crippen LogP contribution in [0.4, 0.5) is 0 Å². The molecule has 0 spiro atoms.